The summed E-state index contributed by atoms with van der Waals surface area (Å²) in [5.41, 5.74) is 0. The first-order valence-corrected chi connectivity index (χ1v) is 14.4. The molecule has 0 aromatic heterocycles. The smallest absolute Gasteiger partial charge is 1.00 e. The Hall–Kier alpha value is -0.313. The molecule has 3 aromatic rings. The van der Waals surface area contributed by atoms with Crippen LogP contribution in [0.5, 0.6) is 0 Å². The molecule has 0 N–H and O–H groups in total. The van der Waals surface area contributed by atoms with Gasteiger partial charge in [0.15, 0.2) is 0 Å². The van der Waals surface area contributed by atoms with Crippen LogP contribution >= 0.6 is 0 Å². The molecular weight excluding hydrogens is 483 g/mol. The molecule has 0 spiro atoms. The molecule has 0 aliphatic heterocycles. The number of hydrogen-bond donors (Lipinski definition) is 0. The SMILES string of the molecule is C[Si](C)[Si](C)C.[C-]1=CC=CC1.[Cl-].[Cl-].[Zr+4].c1ccc2c(c1)[cH-]c1ccccc12. The molecule has 1 aliphatic carbocycles. The fourth-order valence-electron chi connectivity index (χ4n) is 2.24. The molecule has 3 aromatic carbocycles. The number of fused-ring (bicyclic) bond motifs is 3. The van der Waals surface area contributed by atoms with Crippen molar-refractivity contribution in [1.82, 2.24) is 0 Å². The van der Waals surface area contributed by atoms with E-state index < -0.39 is 0 Å². The van der Waals surface area contributed by atoms with Crippen LogP contribution < -0.4 is 24.8 Å². The first-order valence-electron chi connectivity index (χ1n) is 8.45. The summed E-state index contributed by atoms with van der Waals surface area (Å²) in [6.07, 6.45) is 10.0. The molecule has 4 rings (SSSR count). The number of benzene rings is 2. The molecule has 0 unspecified atom stereocenters. The molecule has 0 saturated carbocycles. The van der Waals surface area contributed by atoms with Gasteiger partial charge in [0, 0.05) is 16.6 Å². The Labute approximate surface area is 199 Å². The van der Waals surface area contributed by atoms with E-state index in [9.17, 15) is 0 Å². The van der Waals surface area contributed by atoms with E-state index in [0.29, 0.717) is 0 Å². The zero-order valence-electron chi connectivity index (χ0n) is 16.4. The van der Waals surface area contributed by atoms with Crippen LogP contribution in [0.3, 0.4) is 0 Å². The van der Waals surface area contributed by atoms with Crippen molar-refractivity contribution in [3.05, 3.63) is 78.9 Å². The Morgan fingerprint density at radius 1 is 0.778 bits per heavy atom. The van der Waals surface area contributed by atoms with Crippen molar-refractivity contribution in [2.24, 2.45) is 0 Å². The van der Waals surface area contributed by atoms with Gasteiger partial charge in [0.05, 0.1) is 0 Å². The summed E-state index contributed by atoms with van der Waals surface area (Å²) in [7, 11) is 0.300. The number of halogens is 2. The van der Waals surface area contributed by atoms with Gasteiger partial charge in [-0.15, -0.1) is 46.2 Å². The quantitative estimate of drug-likeness (QED) is 0.334. The van der Waals surface area contributed by atoms with Crippen LogP contribution in [0.4, 0.5) is 0 Å². The fraction of sp³-hybridized carbons (Fsp3) is 0.227. The van der Waals surface area contributed by atoms with Crippen molar-refractivity contribution < 1.29 is 51.0 Å². The van der Waals surface area contributed by atoms with E-state index in [1.54, 1.807) is 0 Å². The van der Waals surface area contributed by atoms with Gasteiger partial charge in [0.25, 0.3) is 0 Å². The third kappa shape index (κ3) is 9.63. The summed E-state index contributed by atoms with van der Waals surface area (Å²) in [6, 6.07) is 19.3. The van der Waals surface area contributed by atoms with E-state index in [-0.39, 0.29) is 67.6 Å². The van der Waals surface area contributed by atoms with Gasteiger partial charge in [-0.2, -0.15) is 6.08 Å². The van der Waals surface area contributed by atoms with Crippen LogP contribution in [0.25, 0.3) is 21.5 Å². The standard InChI is InChI=1S/C13H9.C5H5.C4H12Si2.2ClH.Zr/c1-3-7-12-10(5-1)9-11-6-2-4-8-13(11)12;1-2-4-5-3-1;1-5(2)6(3)4;;;/h1-9H;1-3H,4H2;1-4H3;2*1H;/q2*-1;;;;+4/p-2. The minimum Gasteiger partial charge on any atom is -1.00 e. The van der Waals surface area contributed by atoms with E-state index in [2.05, 4.69) is 92.9 Å². The second kappa shape index (κ2) is 15.6. The zero-order chi connectivity index (χ0) is 17.4. The van der Waals surface area contributed by atoms with E-state index in [1.165, 1.54) is 21.5 Å². The first-order chi connectivity index (χ1) is 11.6. The summed E-state index contributed by atoms with van der Waals surface area (Å²) in [5.74, 6) is 0. The van der Waals surface area contributed by atoms with Crippen LogP contribution in [0.1, 0.15) is 6.42 Å². The van der Waals surface area contributed by atoms with Crippen LogP contribution in [0.2, 0.25) is 26.2 Å². The Morgan fingerprint density at radius 2 is 1.22 bits per heavy atom. The number of rotatable bonds is 1. The minimum absolute atomic E-state index is 0. The second-order valence-corrected chi connectivity index (χ2v) is 16.3. The third-order valence-corrected chi connectivity index (χ3v) is 12.1. The maximum absolute atomic E-state index is 2.99. The Morgan fingerprint density at radius 3 is 1.52 bits per heavy atom. The molecule has 0 atom stereocenters. The second-order valence-electron chi connectivity index (χ2n) is 6.32. The molecule has 0 amide bonds. The minimum atomic E-state index is 0. The molecule has 2 radical (unpaired) electrons. The number of allylic oxidation sites excluding steroid dienone is 4. The summed E-state index contributed by atoms with van der Waals surface area (Å²) in [5, 5.41) is 5.39. The summed E-state index contributed by atoms with van der Waals surface area (Å²) in [4.78, 5) is 0. The van der Waals surface area contributed by atoms with Crippen molar-refractivity contribution in [1.29, 1.82) is 0 Å². The molecule has 27 heavy (non-hydrogen) atoms. The molecule has 0 saturated heterocycles. The topological polar surface area (TPSA) is 0 Å². The average Bonchev–Trinajstić information content (AvgIpc) is 3.26. The summed E-state index contributed by atoms with van der Waals surface area (Å²) < 4.78 is 0. The van der Waals surface area contributed by atoms with Crippen molar-refractivity contribution in [3.63, 3.8) is 0 Å². The summed E-state index contributed by atoms with van der Waals surface area (Å²) in [6.45, 7) is 9.55. The molecule has 5 heteroatoms. The van der Waals surface area contributed by atoms with Crippen molar-refractivity contribution in [2.75, 3.05) is 0 Å². The van der Waals surface area contributed by atoms with Crippen molar-refractivity contribution >= 4 is 38.2 Å². The van der Waals surface area contributed by atoms with Gasteiger partial charge in [-0.05, 0) is 0 Å². The Balaban J connectivity index is 0. The van der Waals surface area contributed by atoms with Crippen LogP contribution in [0.15, 0.2) is 72.8 Å². The van der Waals surface area contributed by atoms with Gasteiger partial charge in [0.1, 0.15) is 0 Å². The largest absolute Gasteiger partial charge is 4.00 e. The van der Waals surface area contributed by atoms with Gasteiger partial charge >= 0.3 is 26.2 Å². The Kier molecular flexibility index (Phi) is 16.7. The predicted molar refractivity (Wildman–Crippen MR) is 114 cm³/mol. The van der Waals surface area contributed by atoms with Gasteiger partial charge in [-0.3, -0.25) is 6.08 Å². The van der Waals surface area contributed by atoms with E-state index in [4.69, 9.17) is 0 Å². The molecular formula is C22H26Cl2Si2Zr. The normalized spacial score (nSPS) is 11.0. The summed E-state index contributed by atoms with van der Waals surface area (Å²) >= 11 is 0. The number of hydrogen-bond acceptors (Lipinski definition) is 0. The maximum atomic E-state index is 2.99. The van der Waals surface area contributed by atoms with Crippen LogP contribution in [0, 0.1) is 6.08 Å². The van der Waals surface area contributed by atoms with Gasteiger partial charge in [-0.1, -0.05) is 62.6 Å². The molecule has 140 valence electrons. The average molecular weight is 509 g/mol. The maximum Gasteiger partial charge on any atom is 4.00 e. The monoisotopic (exact) mass is 506 g/mol. The molecule has 0 nitrogen and oxygen atoms in total. The van der Waals surface area contributed by atoms with Gasteiger partial charge in [-0.25, -0.2) is 12.2 Å². The Bertz CT molecular complexity index is 757. The van der Waals surface area contributed by atoms with Crippen LogP contribution in [-0.4, -0.2) is 16.6 Å². The van der Waals surface area contributed by atoms with E-state index in [0.717, 1.165) is 6.42 Å². The molecule has 0 fully saturated rings. The molecule has 1 aliphatic rings. The van der Waals surface area contributed by atoms with E-state index >= 15 is 0 Å². The molecule has 0 bridgehead atoms. The molecule has 0 heterocycles. The predicted octanol–water partition coefficient (Wildman–Crippen LogP) is 0.597. The van der Waals surface area contributed by atoms with Gasteiger partial charge < -0.3 is 24.8 Å². The zero-order valence-corrected chi connectivity index (χ0v) is 22.4. The fourth-order valence-corrected chi connectivity index (χ4v) is 2.24. The first kappa shape index (κ1) is 28.9. The van der Waals surface area contributed by atoms with Crippen molar-refractivity contribution in [2.45, 2.75) is 32.6 Å². The van der Waals surface area contributed by atoms with Gasteiger partial charge in [0.2, 0.25) is 0 Å². The third-order valence-electron chi connectivity index (χ3n) is 4.11. The van der Waals surface area contributed by atoms with E-state index in [1.807, 2.05) is 12.2 Å². The van der Waals surface area contributed by atoms with Crippen LogP contribution in [-0.2, 0) is 26.2 Å². The van der Waals surface area contributed by atoms with Crippen molar-refractivity contribution in [3.8, 4) is 0 Å².